The van der Waals surface area contributed by atoms with Gasteiger partial charge in [0, 0.05) is 12.2 Å². The highest BCUT2D eigenvalue weighted by atomic mass is 35.5. The molecule has 2 aromatic heterocycles. The lowest BCUT2D eigenvalue weighted by molar-refractivity contribution is 0.102. The SMILES string of the molecule is NC1CCS(=O)(=O)c2cc(C(=O)Nc3ccnc4[nH]ncc34)c(Cl)cc21. The van der Waals surface area contributed by atoms with Crippen LogP contribution >= 0.6 is 11.6 Å². The second kappa shape index (κ2) is 6.04. The van der Waals surface area contributed by atoms with E-state index in [2.05, 4.69) is 20.5 Å². The van der Waals surface area contributed by atoms with Crippen molar-refractivity contribution >= 4 is 44.1 Å². The van der Waals surface area contributed by atoms with Crippen LogP contribution in [0.1, 0.15) is 28.4 Å². The normalized spacial score (nSPS) is 18.5. The standard InChI is InChI=1S/C16H14ClN5O3S/c17-11-5-9-12(18)2-4-26(24,25)14(9)6-8(11)16(23)21-13-1-3-19-15-10(13)7-20-22-15/h1,3,5-7,12H,2,4,18H2,(H2,19,20,21,22,23). The second-order valence-electron chi connectivity index (χ2n) is 6.03. The number of aromatic amines is 1. The molecular formula is C16H14ClN5O3S. The highest BCUT2D eigenvalue weighted by Crippen LogP contribution is 2.35. The summed E-state index contributed by atoms with van der Waals surface area (Å²) in [6.45, 7) is 0. The molecule has 134 valence electrons. The number of amides is 1. The van der Waals surface area contributed by atoms with Crippen LogP contribution in [0.25, 0.3) is 11.0 Å². The monoisotopic (exact) mass is 391 g/mol. The molecule has 8 nitrogen and oxygen atoms in total. The molecule has 3 aromatic rings. The number of sulfone groups is 1. The molecule has 0 bridgehead atoms. The number of nitrogens with one attached hydrogen (secondary N) is 2. The van der Waals surface area contributed by atoms with Gasteiger partial charge in [-0.15, -0.1) is 0 Å². The van der Waals surface area contributed by atoms with Crippen LogP contribution in [0.15, 0.2) is 35.5 Å². The largest absolute Gasteiger partial charge is 0.324 e. The number of pyridine rings is 1. The minimum atomic E-state index is -3.49. The maximum Gasteiger partial charge on any atom is 0.257 e. The lowest BCUT2D eigenvalue weighted by Crippen LogP contribution is -2.26. The third kappa shape index (κ3) is 2.74. The van der Waals surface area contributed by atoms with Crippen molar-refractivity contribution in [3.8, 4) is 0 Å². The molecule has 0 spiro atoms. The molecule has 1 unspecified atom stereocenters. The number of hydrogen-bond donors (Lipinski definition) is 3. The van der Waals surface area contributed by atoms with Crippen LogP contribution < -0.4 is 11.1 Å². The molecule has 1 atom stereocenters. The summed E-state index contributed by atoms with van der Waals surface area (Å²) >= 11 is 6.24. The van der Waals surface area contributed by atoms with Gasteiger partial charge in [0.2, 0.25) is 0 Å². The fraction of sp³-hybridized carbons (Fsp3) is 0.188. The number of benzene rings is 1. The number of hydrogen-bond acceptors (Lipinski definition) is 6. The summed E-state index contributed by atoms with van der Waals surface area (Å²) in [7, 11) is -3.49. The van der Waals surface area contributed by atoms with Crippen LogP contribution in [-0.2, 0) is 9.84 Å². The van der Waals surface area contributed by atoms with E-state index >= 15 is 0 Å². The Labute approximate surface area is 153 Å². The van der Waals surface area contributed by atoms with Crippen LogP contribution in [0.3, 0.4) is 0 Å². The number of carbonyl (C=O) groups excluding carboxylic acids is 1. The van der Waals surface area contributed by atoms with Gasteiger partial charge in [0.25, 0.3) is 5.91 Å². The van der Waals surface area contributed by atoms with Crippen LogP contribution in [0.5, 0.6) is 0 Å². The van der Waals surface area contributed by atoms with Gasteiger partial charge in [-0.1, -0.05) is 11.6 Å². The molecule has 0 aliphatic carbocycles. The Hall–Kier alpha value is -2.49. The van der Waals surface area contributed by atoms with Gasteiger partial charge in [-0.05, 0) is 30.2 Å². The Morgan fingerprint density at radius 2 is 2.19 bits per heavy atom. The number of halogens is 1. The van der Waals surface area contributed by atoms with Crippen LogP contribution in [0.4, 0.5) is 5.69 Å². The van der Waals surface area contributed by atoms with Gasteiger partial charge in [-0.25, -0.2) is 13.4 Å². The summed E-state index contributed by atoms with van der Waals surface area (Å²) in [5, 5.41) is 10.1. The van der Waals surface area contributed by atoms with Gasteiger partial charge in [0.1, 0.15) is 0 Å². The summed E-state index contributed by atoms with van der Waals surface area (Å²) in [6, 6.07) is 3.96. The van der Waals surface area contributed by atoms with E-state index in [1.54, 1.807) is 6.07 Å². The van der Waals surface area contributed by atoms with Crippen molar-refractivity contribution in [2.24, 2.45) is 5.73 Å². The summed E-state index contributed by atoms with van der Waals surface area (Å²) in [5.74, 6) is -0.579. The van der Waals surface area contributed by atoms with Gasteiger partial charge < -0.3 is 11.1 Å². The average molecular weight is 392 g/mol. The van der Waals surface area contributed by atoms with Crippen LogP contribution in [0, 0.1) is 0 Å². The van der Waals surface area contributed by atoms with Crippen molar-refractivity contribution in [1.29, 1.82) is 0 Å². The van der Waals surface area contributed by atoms with E-state index in [0.717, 1.165) is 0 Å². The third-order valence-electron chi connectivity index (χ3n) is 4.38. The zero-order valence-electron chi connectivity index (χ0n) is 13.4. The van der Waals surface area contributed by atoms with E-state index in [4.69, 9.17) is 17.3 Å². The quantitative estimate of drug-likeness (QED) is 0.612. The van der Waals surface area contributed by atoms with Crippen molar-refractivity contribution < 1.29 is 13.2 Å². The Bertz CT molecular complexity index is 1140. The van der Waals surface area contributed by atoms with Crippen LogP contribution in [0.2, 0.25) is 5.02 Å². The summed E-state index contributed by atoms with van der Waals surface area (Å²) in [6.07, 6.45) is 3.39. The molecule has 1 aliphatic rings. The predicted octanol–water partition coefficient (Wildman–Crippen LogP) is 2.04. The van der Waals surface area contributed by atoms with Crippen LogP contribution in [-0.4, -0.2) is 35.3 Å². The first-order chi connectivity index (χ1) is 12.4. The number of nitrogens with zero attached hydrogens (tertiary/aromatic N) is 2. The lowest BCUT2D eigenvalue weighted by Gasteiger charge is -2.23. The molecule has 0 saturated heterocycles. The van der Waals surface area contributed by atoms with Gasteiger partial charge >= 0.3 is 0 Å². The van der Waals surface area contributed by atoms with E-state index in [9.17, 15) is 13.2 Å². The van der Waals surface area contributed by atoms with Gasteiger partial charge in [0.05, 0.1) is 38.5 Å². The van der Waals surface area contributed by atoms with Crippen molar-refractivity contribution in [1.82, 2.24) is 15.2 Å². The summed E-state index contributed by atoms with van der Waals surface area (Å²) in [4.78, 5) is 16.9. The molecule has 4 N–H and O–H groups in total. The Morgan fingerprint density at radius 1 is 1.38 bits per heavy atom. The highest BCUT2D eigenvalue weighted by molar-refractivity contribution is 7.91. The topological polar surface area (TPSA) is 131 Å². The number of nitrogens with two attached hydrogens (primary N) is 1. The van der Waals surface area contributed by atoms with E-state index in [1.165, 1.54) is 24.5 Å². The first-order valence-corrected chi connectivity index (χ1v) is 9.81. The maximum atomic E-state index is 12.7. The molecule has 0 saturated carbocycles. The van der Waals surface area contributed by atoms with E-state index < -0.39 is 21.8 Å². The minimum Gasteiger partial charge on any atom is -0.324 e. The zero-order chi connectivity index (χ0) is 18.5. The number of fused-ring (bicyclic) bond motifs is 2. The van der Waals surface area contributed by atoms with Gasteiger partial charge in [0.15, 0.2) is 15.5 Å². The summed E-state index contributed by atoms with van der Waals surface area (Å²) < 4.78 is 24.7. The first-order valence-electron chi connectivity index (χ1n) is 7.78. The average Bonchev–Trinajstić information content (AvgIpc) is 3.08. The molecule has 0 fully saturated rings. The fourth-order valence-corrected chi connectivity index (χ4v) is 4.91. The molecule has 10 heteroatoms. The first kappa shape index (κ1) is 17.0. The zero-order valence-corrected chi connectivity index (χ0v) is 14.9. The molecule has 1 aromatic carbocycles. The number of aromatic nitrogens is 3. The van der Waals surface area contributed by atoms with Crippen molar-refractivity contribution in [3.05, 3.63) is 46.7 Å². The van der Waals surface area contributed by atoms with Crippen molar-refractivity contribution in [2.75, 3.05) is 11.1 Å². The molecule has 0 radical (unpaired) electrons. The molecular weight excluding hydrogens is 378 g/mol. The molecule has 1 amide bonds. The lowest BCUT2D eigenvalue weighted by atomic mass is 10.0. The Kier molecular flexibility index (Phi) is 3.94. The number of carbonyl (C=O) groups is 1. The molecule has 26 heavy (non-hydrogen) atoms. The summed E-state index contributed by atoms with van der Waals surface area (Å²) in [5.41, 5.74) is 7.51. The van der Waals surface area contributed by atoms with Gasteiger partial charge in [-0.2, -0.15) is 5.10 Å². The third-order valence-corrected chi connectivity index (χ3v) is 6.49. The fourth-order valence-electron chi connectivity index (χ4n) is 3.00. The smallest absolute Gasteiger partial charge is 0.257 e. The van der Waals surface area contributed by atoms with Crippen molar-refractivity contribution in [3.63, 3.8) is 0 Å². The van der Waals surface area contributed by atoms with Gasteiger partial charge in [-0.3, -0.25) is 9.89 Å². The molecule has 4 rings (SSSR count). The number of rotatable bonds is 2. The molecule has 1 aliphatic heterocycles. The van der Waals surface area contributed by atoms with E-state index in [-0.39, 0.29) is 21.2 Å². The minimum absolute atomic E-state index is 0.0517. The molecule has 3 heterocycles. The van der Waals surface area contributed by atoms with E-state index in [1.807, 2.05) is 0 Å². The maximum absolute atomic E-state index is 12.7. The Morgan fingerprint density at radius 3 is 3.00 bits per heavy atom. The predicted molar refractivity (Wildman–Crippen MR) is 96.9 cm³/mol. The highest BCUT2D eigenvalue weighted by Gasteiger charge is 2.30. The van der Waals surface area contributed by atoms with E-state index in [0.29, 0.717) is 28.7 Å². The number of H-pyrrole nitrogens is 1. The number of anilines is 1. The second-order valence-corrected chi connectivity index (χ2v) is 8.51. The van der Waals surface area contributed by atoms with Crippen molar-refractivity contribution in [2.45, 2.75) is 17.4 Å². The Balaban J connectivity index is 1.76.